The van der Waals surface area contributed by atoms with Crippen molar-refractivity contribution in [1.29, 1.82) is 0 Å². The normalized spacial score (nSPS) is 11.2. The second kappa shape index (κ2) is 5.52. The van der Waals surface area contributed by atoms with Crippen LogP contribution in [0.5, 0.6) is 0 Å². The monoisotopic (exact) mass is 287 g/mol. The zero-order chi connectivity index (χ0) is 15.6. The molecule has 1 aromatic carbocycles. The van der Waals surface area contributed by atoms with Gasteiger partial charge in [-0.1, -0.05) is 26.8 Å². The van der Waals surface area contributed by atoms with Gasteiger partial charge >= 0.3 is 6.03 Å². The smallest absolute Gasteiger partial charge is 0.323 e. The van der Waals surface area contributed by atoms with E-state index in [4.69, 9.17) is 10.2 Å². The Labute approximate surface area is 124 Å². The molecule has 0 radical (unpaired) electrons. The van der Waals surface area contributed by atoms with E-state index in [-0.39, 0.29) is 11.4 Å². The number of hydrogen-bond acceptors (Lipinski definition) is 3. The lowest BCUT2D eigenvalue weighted by Gasteiger charge is -2.13. The molecule has 0 saturated carbocycles. The van der Waals surface area contributed by atoms with E-state index in [1.165, 1.54) is 0 Å². The number of benzene rings is 1. The Morgan fingerprint density at radius 1 is 1.19 bits per heavy atom. The summed E-state index contributed by atoms with van der Waals surface area (Å²) in [7, 11) is 0. The summed E-state index contributed by atoms with van der Waals surface area (Å²) in [6.45, 7) is 8.00. The van der Waals surface area contributed by atoms with Crippen molar-refractivity contribution < 1.29 is 9.21 Å². The zero-order valence-corrected chi connectivity index (χ0v) is 12.8. The van der Waals surface area contributed by atoms with Crippen LogP contribution in [0, 0.1) is 6.92 Å². The lowest BCUT2D eigenvalue weighted by molar-refractivity contribution is 0.262. The number of anilines is 3. The van der Waals surface area contributed by atoms with Crippen LogP contribution in [-0.2, 0) is 5.41 Å². The number of amides is 2. The van der Waals surface area contributed by atoms with Crippen LogP contribution in [0.15, 0.2) is 34.7 Å². The zero-order valence-electron chi connectivity index (χ0n) is 12.8. The third-order valence-corrected chi connectivity index (χ3v) is 3.05. The van der Waals surface area contributed by atoms with Crippen LogP contribution in [0.1, 0.15) is 32.3 Å². The Balaban J connectivity index is 2.08. The standard InChI is InChI=1S/C16H21N3O2/c1-10-13(9-14(21-10)16(2,3)4)19-15(20)18-12-7-5-6-11(17)8-12/h5-9H,17H2,1-4H3,(H2,18,19,20). The van der Waals surface area contributed by atoms with E-state index in [2.05, 4.69) is 31.4 Å². The molecular weight excluding hydrogens is 266 g/mol. The van der Waals surface area contributed by atoms with Crippen molar-refractivity contribution in [3.8, 4) is 0 Å². The summed E-state index contributed by atoms with van der Waals surface area (Å²) in [4.78, 5) is 12.0. The minimum absolute atomic E-state index is 0.102. The molecule has 5 nitrogen and oxygen atoms in total. The van der Waals surface area contributed by atoms with Crippen LogP contribution >= 0.6 is 0 Å². The van der Waals surface area contributed by atoms with Gasteiger partial charge in [0.05, 0.1) is 5.69 Å². The summed E-state index contributed by atoms with van der Waals surface area (Å²) in [6.07, 6.45) is 0. The van der Waals surface area contributed by atoms with E-state index >= 15 is 0 Å². The molecule has 2 aromatic rings. The van der Waals surface area contributed by atoms with E-state index in [9.17, 15) is 4.79 Å². The SMILES string of the molecule is Cc1oc(C(C)(C)C)cc1NC(=O)Nc1cccc(N)c1. The van der Waals surface area contributed by atoms with Crippen molar-refractivity contribution >= 4 is 23.1 Å². The van der Waals surface area contributed by atoms with Crippen LogP contribution < -0.4 is 16.4 Å². The van der Waals surface area contributed by atoms with Crippen molar-refractivity contribution in [3.05, 3.63) is 41.9 Å². The van der Waals surface area contributed by atoms with E-state index in [0.29, 0.717) is 22.8 Å². The fraction of sp³-hybridized carbons (Fsp3) is 0.312. The Bertz CT molecular complexity index is 654. The lowest BCUT2D eigenvalue weighted by atomic mass is 9.93. The maximum Gasteiger partial charge on any atom is 0.323 e. The largest absolute Gasteiger partial charge is 0.464 e. The fourth-order valence-corrected chi connectivity index (χ4v) is 1.88. The molecule has 4 N–H and O–H groups in total. The summed E-state index contributed by atoms with van der Waals surface area (Å²) in [5.74, 6) is 1.52. The van der Waals surface area contributed by atoms with E-state index < -0.39 is 0 Å². The fourth-order valence-electron chi connectivity index (χ4n) is 1.88. The van der Waals surface area contributed by atoms with Gasteiger partial charge in [0.1, 0.15) is 11.5 Å². The van der Waals surface area contributed by atoms with E-state index in [0.717, 1.165) is 5.76 Å². The number of urea groups is 1. The van der Waals surface area contributed by atoms with E-state index in [1.54, 1.807) is 24.3 Å². The Hall–Kier alpha value is -2.43. The first-order valence-corrected chi connectivity index (χ1v) is 6.80. The van der Waals surface area contributed by atoms with Gasteiger partial charge in [-0.05, 0) is 25.1 Å². The molecule has 0 bridgehead atoms. The van der Waals surface area contributed by atoms with Crippen molar-refractivity contribution in [2.24, 2.45) is 0 Å². The van der Waals surface area contributed by atoms with Crippen molar-refractivity contribution in [2.75, 3.05) is 16.4 Å². The number of hydrogen-bond donors (Lipinski definition) is 3. The summed E-state index contributed by atoms with van der Waals surface area (Å²) in [5, 5.41) is 5.52. The summed E-state index contributed by atoms with van der Waals surface area (Å²) < 4.78 is 5.69. The van der Waals surface area contributed by atoms with Gasteiger partial charge in [0, 0.05) is 22.9 Å². The van der Waals surface area contributed by atoms with Gasteiger partial charge in [-0.15, -0.1) is 0 Å². The minimum Gasteiger partial charge on any atom is -0.464 e. The van der Waals surface area contributed by atoms with Crippen LogP contribution in [0.3, 0.4) is 0 Å². The molecule has 1 heterocycles. The Kier molecular flexibility index (Phi) is 3.93. The topological polar surface area (TPSA) is 80.3 Å². The van der Waals surface area contributed by atoms with Crippen LogP contribution in [0.2, 0.25) is 0 Å². The average molecular weight is 287 g/mol. The molecular formula is C16H21N3O2. The number of aryl methyl sites for hydroxylation is 1. The number of nitrogens with two attached hydrogens (primary N) is 1. The quantitative estimate of drug-likeness (QED) is 0.727. The molecule has 0 saturated heterocycles. The minimum atomic E-state index is -0.329. The van der Waals surface area contributed by atoms with Gasteiger partial charge in [-0.2, -0.15) is 0 Å². The van der Waals surface area contributed by atoms with Crippen LogP contribution in [0.4, 0.5) is 21.9 Å². The Morgan fingerprint density at radius 2 is 1.90 bits per heavy atom. The first-order chi connectivity index (χ1) is 9.75. The highest BCUT2D eigenvalue weighted by Gasteiger charge is 2.21. The number of nitrogen functional groups attached to an aromatic ring is 1. The average Bonchev–Trinajstić information content (AvgIpc) is 2.70. The van der Waals surface area contributed by atoms with Gasteiger partial charge in [0.25, 0.3) is 0 Å². The van der Waals surface area contributed by atoms with Gasteiger partial charge in [0.2, 0.25) is 0 Å². The van der Waals surface area contributed by atoms with Crippen molar-refractivity contribution in [3.63, 3.8) is 0 Å². The first kappa shape index (κ1) is 15.0. The molecule has 2 amide bonds. The molecule has 0 aliphatic rings. The maximum atomic E-state index is 12.0. The highest BCUT2D eigenvalue weighted by atomic mass is 16.3. The molecule has 0 fully saturated rings. The number of nitrogens with one attached hydrogen (secondary N) is 2. The molecule has 1 aromatic heterocycles. The first-order valence-electron chi connectivity index (χ1n) is 6.80. The van der Waals surface area contributed by atoms with Crippen LogP contribution in [0.25, 0.3) is 0 Å². The van der Waals surface area contributed by atoms with Gasteiger partial charge in [-0.25, -0.2) is 4.79 Å². The molecule has 0 unspecified atom stereocenters. The molecule has 0 atom stereocenters. The molecule has 5 heteroatoms. The second-order valence-electron chi connectivity index (χ2n) is 6.04. The van der Waals surface area contributed by atoms with Crippen molar-refractivity contribution in [1.82, 2.24) is 0 Å². The predicted molar refractivity (Wildman–Crippen MR) is 85.6 cm³/mol. The molecule has 0 spiro atoms. The number of rotatable bonds is 2. The summed E-state index contributed by atoms with van der Waals surface area (Å²) in [6, 6.07) is 8.55. The van der Waals surface area contributed by atoms with Crippen LogP contribution in [-0.4, -0.2) is 6.03 Å². The van der Waals surface area contributed by atoms with Gasteiger partial charge in [0.15, 0.2) is 0 Å². The third kappa shape index (κ3) is 3.78. The second-order valence-corrected chi connectivity index (χ2v) is 6.04. The number of carbonyl (C=O) groups is 1. The Morgan fingerprint density at radius 3 is 2.48 bits per heavy atom. The van der Waals surface area contributed by atoms with E-state index in [1.807, 2.05) is 13.0 Å². The maximum absolute atomic E-state index is 12.0. The molecule has 2 rings (SSSR count). The summed E-state index contributed by atoms with van der Waals surface area (Å²) >= 11 is 0. The number of furan rings is 1. The highest BCUT2D eigenvalue weighted by molar-refractivity contribution is 6.00. The molecule has 112 valence electrons. The number of carbonyl (C=O) groups excluding carboxylic acids is 1. The lowest BCUT2D eigenvalue weighted by Crippen LogP contribution is -2.19. The van der Waals surface area contributed by atoms with Gasteiger partial charge in [-0.3, -0.25) is 0 Å². The summed E-state index contributed by atoms with van der Waals surface area (Å²) in [5.41, 5.74) is 7.48. The third-order valence-electron chi connectivity index (χ3n) is 3.05. The molecule has 0 aliphatic heterocycles. The molecule has 0 aliphatic carbocycles. The highest BCUT2D eigenvalue weighted by Crippen LogP contribution is 2.29. The van der Waals surface area contributed by atoms with Gasteiger partial charge < -0.3 is 20.8 Å². The molecule has 21 heavy (non-hydrogen) atoms. The van der Waals surface area contributed by atoms with Crippen molar-refractivity contribution in [2.45, 2.75) is 33.1 Å². The predicted octanol–water partition coefficient (Wildman–Crippen LogP) is 4.11.